The number of amides is 1. The van der Waals surface area contributed by atoms with Gasteiger partial charge in [-0.2, -0.15) is 0 Å². The first-order valence-corrected chi connectivity index (χ1v) is 9.27. The molecular weight excluding hydrogens is 342 g/mol. The van der Waals surface area contributed by atoms with Gasteiger partial charge in [0, 0.05) is 23.9 Å². The van der Waals surface area contributed by atoms with E-state index in [1.807, 2.05) is 18.2 Å². The Labute approximate surface area is 159 Å². The molecule has 0 bridgehead atoms. The summed E-state index contributed by atoms with van der Waals surface area (Å²) in [6.07, 6.45) is 3.87. The molecule has 5 heteroatoms. The summed E-state index contributed by atoms with van der Waals surface area (Å²) in [6.45, 7) is 0.576. The van der Waals surface area contributed by atoms with Crippen molar-refractivity contribution in [1.82, 2.24) is 5.32 Å². The second kappa shape index (κ2) is 8.25. The fourth-order valence-electron chi connectivity index (χ4n) is 3.78. The predicted molar refractivity (Wildman–Crippen MR) is 103 cm³/mol. The second-order valence-electron chi connectivity index (χ2n) is 7.07. The Bertz CT molecular complexity index is 827. The van der Waals surface area contributed by atoms with Crippen LogP contribution < -0.4 is 10.1 Å². The maximum absolute atomic E-state index is 12.4. The van der Waals surface area contributed by atoms with Gasteiger partial charge in [-0.1, -0.05) is 42.8 Å². The van der Waals surface area contributed by atoms with E-state index in [0.29, 0.717) is 18.5 Å². The number of hydrogen-bond acceptors (Lipinski definition) is 3. The van der Waals surface area contributed by atoms with Crippen LogP contribution in [0.2, 0.25) is 0 Å². The molecule has 2 N–H and O–H groups in total. The second-order valence-corrected chi connectivity index (χ2v) is 7.07. The van der Waals surface area contributed by atoms with Crippen LogP contribution in [0.3, 0.4) is 0 Å². The Morgan fingerprint density at radius 2 is 1.81 bits per heavy atom. The van der Waals surface area contributed by atoms with Gasteiger partial charge in [0.25, 0.3) is 0 Å². The largest absolute Gasteiger partial charge is 0.496 e. The van der Waals surface area contributed by atoms with Crippen LogP contribution in [0.5, 0.6) is 5.75 Å². The number of benzene rings is 2. The smallest absolute Gasteiger partial charge is 0.335 e. The lowest BCUT2D eigenvalue weighted by Crippen LogP contribution is -2.45. The van der Waals surface area contributed by atoms with Crippen molar-refractivity contribution >= 4 is 11.9 Å². The molecule has 0 spiro atoms. The van der Waals surface area contributed by atoms with E-state index in [1.54, 1.807) is 31.4 Å². The van der Waals surface area contributed by atoms with Crippen molar-refractivity contribution in [3.8, 4) is 5.75 Å². The van der Waals surface area contributed by atoms with E-state index in [4.69, 9.17) is 4.74 Å². The summed E-state index contributed by atoms with van der Waals surface area (Å²) in [5, 5.41) is 12.3. The number of para-hydroxylation sites is 1. The lowest BCUT2D eigenvalue weighted by Gasteiger charge is -2.43. The molecule has 5 nitrogen and oxygen atoms in total. The van der Waals surface area contributed by atoms with E-state index in [-0.39, 0.29) is 23.3 Å². The summed E-state index contributed by atoms with van der Waals surface area (Å²) in [5.74, 6) is -0.159. The van der Waals surface area contributed by atoms with Crippen LogP contribution in [0.1, 0.15) is 47.2 Å². The zero-order valence-electron chi connectivity index (χ0n) is 15.5. The quantitative estimate of drug-likeness (QED) is 0.748. The molecule has 0 saturated heterocycles. The molecule has 0 aromatic heterocycles. The molecular formula is C22H25NO4. The number of rotatable bonds is 8. The number of hydrogen-bond donors (Lipinski definition) is 2. The van der Waals surface area contributed by atoms with Gasteiger partial charge in [-0.15, -0.1) is 0 Å². The number of nitrogens with one attached hydrogen (secondary N) is 1. The number of carboxylic acids is 1. The van der Waals surface area contributed by atoms with Crippen molar-refractivity contribution in [2.75, 3.05) is 13.7 Å². The van der Waals surface area contributed by atoms with Crippen LogP contribution in [-0.4, -0.2) is 30.6 Å². The molecule has 1 saturated carbocycles. The van der Waals surface area contributed by atoms with Gasteiger partial charge in [0.05, 0.1) is 12.7 Å². The Kier molecular flexibility index (Phi) is 5.79. The van der Waals surface area contributed by atoms with E-state index in [0.717, 1.165) is 30.6 Å². The monoisotopic (exact) mass is 367 g/mol. The Morgan fingerprint density at radius 3 is 2.48 bits per heavy atom. The topological polar surface area (TPSA) is 75.6 Å². The molecule has 0 aliphatic heterocycles. The van der Waals surface area contributed by atoms with Crippen LogP contribution in [-0.2, 0) is 16.6 Å². The number of carbonyl (C=O) groups excluding carboxylic acids is 1. The third kappa shape index (κ3) is 4.13. The number of aryl methyl sites for hydroxylation is 1. The lowest BCUT2D eigenvalue weighted by molar-refractivity contribution is -0.121. The summed E-state index contributed by atoms with van der Waals surface area (Å²) < 4.78 is 5.51. The van der Waals surface area contributed by atoms with E-state index >= 15 is 0 Å². The molecule has 0 unspecified atom stereocenters. The van der Waals surface area contributed by atoms with E-state index in [9.17, 15) is 14.7 Å². The van der Waals surface area contributed by atoms with Crippen LogP contribution in [0, 0.1) is 0 Å². The highest BCUT2D eigenvalue weighted by Gasteiger charge is 2.40. The molecule has 0 heterocycles. The molecule has 0 radical (unpaired) electrons. The zero-order chi connectivity index (χ0) is 19.3. The first-order valence-electron chi connectivity index (χ1n) is 9.27. The van der Waals surface area contributed by atoms with Crippen molar-refractivity contribution in [2.24, 2.45) is 0 Å². The molecule has 0 atom stereocenters. The fourth-order valence-corrected chi connectivity index (χ4v) is 3.78. The molecule has 142 valence electrons. The molecule has 2 aromatic carbocycles. The van der Waals surface area contributed by atoms with Crippen LogP contribution in [0.25, 0.3) is 0 Å². The van der Waals surface area contributed by atoms with Crippen LogP contribution >= 0.6 is 0 Å². The Hall–Kier alpha value is -2.82. The number of ether oxygens (including phenoxy) is 1. The first kappa shape index (κ1) is 19.0. The molecule has 1 aliphatic rings. The van der Waals surface area contributed by atoms with Crippen molar-refractivity contribution in [2.45, 2.75) is 37.5 Å². The minimum Gasteiger partial charge on any atom is -0.496 e. The molecule has 2 aromatic rings. The highest BCUT2D eigenvalue weighted by molar-refractivity contribution is 5.89. The van der Waals surface area contributed by atoms with Crippen LogP contribution in [0.4, 0.5) is 0 Å². The summed E-state index contributed by atoms with van der Waals surface area (Å²) in [6, 6.07) is 14.8. The van der Waals surface area contributed by atoms with Gasteiger partial charge in [-0.25, -0.2) is 4.79 Å². The first-order chi connectivity index (χ1) is 13.1. The average Bonchev–Trinajstić information content (AvgIpc) is 2.66. The normalized spacial score (nSPS) is 14.9. The molecule has 1 fully saturated rings. The maximum Gasteiger partial charge on any atom is 0.335 e. The van der Waals surface area contributed by atoms with E-state index in [2.05, 4.69) is 11.4 Å². The van der Waals surface area contributed by atoms with Crippen molar-refractivity contribution in [3.63, 3.8) is 0 Å². The lowest BCUT2D eigenvalue weighted by atomic mass is 9.64. The van der Waals surface area contributed by atoms with Gasteiger partial charge in [-0.3, -0.25) is 4.79 Å². The van der Waals surface area contributed by atoms with Gasteiger partial charge in [0.15, 0.2) is 0 Å². The van der Waals surface area contributed by atoms with Gasteiger partial charge in [0.2, 0.25) is 5.91 Å². The van der Waals surface area contributed by atoms with Gasteiger partial charge in [0.1, 0.15) is 5.75 Å². The summed E-state index contributed by atoms with van der Waals surface area (Å²) in [7, 11) is 1.67. The predicted octanol–water partition coefficient (Wildman–Crippen LogP) is 3.56. The SMILES string of the molecule is COc1ccccc1C1(CNC(=O)CCc2ccccc2C(=O)O)CCC1. The highest BCUT2D eigenvalue weighted by atomic mass is 16.5. The number of aromatic carboxylic acids is 1. The Morgan fingerprint density at radius 1 is 1.11 bits per heavy atom. The minimum absolute atomic E-state index is 0.0589. The summed E-state index contributed by atoms with van der Waals surface area (Å²) >= 11 is 0. The molecule has 1 amide bonds. The minimum atomic E-state index is -0.962. The zero-order valence-corrected chi connectivity index (χ0v) is 15.5. The number of carbonyl (C=O) groups is 2. The van der Waals surface area contributed by atoms with Gasteiger partial charge >= 0.3 is 5.97 Å². The molecule has 27 heavy (non-hydrogen) atoms. The van der Waals surface area contributed by atoms with Crippen molar-refractivity contribution < 1.29 is 19.4 Å². The average molecular weight is 367 g/mol. The third-order valence-corrected chi connectivity index (χ3v) is 5.48. The van der Waals surface area contributed by atoms with Gasteiger partial charge < -0.3 is 15.2 Å². The van der Waals surface area contributed by atoms with Gasteiger partial charge in [-0.05, 0) is 37.0 Å². The van der Waals surface area contributed by atoms with Crippen LogP contribution in [0.15, 0.2) is 48.5 Å². The standard InChI is InChI=1S/C22H25NO4/c1-27-19-10-5-4-9-18(19)22(13-6-14-22)15-23-20(24)12-11-16-7-2-3-8-17(16)21(25)26/h2-5,7-10H,6,11-15H2,1H3,(H,23,24)(H,25,26). The number of methoxy groups -OCH3 is 1. The molecule has 3 rings (SSSR count). The molecule has 1 aliphatic carbocycles. The van der Waals surface area contributed by atoms with E-state index < -0.39 is 5.97 Å². The third-order valence-electron chi connectivity index (χ3n) is 5.48. The summed E-state index contributed by atoms with van der Waals surface area (Å²) in [5.41, 5.74) is 2.02. The Balaban J connectivity index is 1.61. The number of carboxylic acid groups (broad SMARTS) is 1. The van der Waals surface area contributed by atoms with Crippen molar-refractivity contribution in [1.29, 1.82) is 0 Å². The van der Waals surface area contributed by atoms with Crippen molar-refractivity contribution in [3.05, 3.63) is 65.2 Å². The van der Waals surface area contributed by atoms with E-state index in [1.165, 1.54) is 0 Å². The summed E-state index contributed by atoms with van der Waals surface area (Å²) in [4.78, 5) is 23.7. The fraction of sp³-hybridized carbons (Fsp3) is 0.364. The maximum atomic E-state index is 12.4. The highest BCUT2D eigenvalue weighted by Crippen LogP contribution is 2.46.